The Bertz CT molecular complexity index is 1020. The Labute approximate surface area is 169 Å². The molecule has 7 heteroatoms. The third-order valence-corrected chi connectivity index (χ3v) is 4.34. The van der Waals surface area contributed by atoms with Crippen molar-refractivity contribution < 1.29 is 14.3 Å². The highest BCUT2D eigenvalue weighted by atomic mass is 16.5. The van der Waals surface area contributed by atoms with Gasteiger partial charge in [-0.3, -0.25) is 4.79 Å². The van der Waals surface area contributed by atoms with Gasteiger partial charge in [0.1, 0.15) is 0 Å². The lowest BCUT2D eigenvalue weighted by atomic mass is 10.1. The highest BCUT2D eigenvalue weighted by Crippen LogP contribution is 2.17. The van der Waals surface area contributed by atoms with Gasteiger partial charge in [-0.25, -0.2) is 4.79 Å². The molecular weight excluding hydrogens is 368 g/mol. The molecule has 3 rings (SSSR count). The Balaban J connectivity index is 1.62. The van der Waals surface area contributed by atoms with Gasteiger partial charge < -0.3 is 15.4 Å². The third kappa shape index (κ3) is 5.16. The number of anilines is 3. The van der Waals surface area contributed by atoms with Gasteiger partial charge in [-0.2, -0.15) is 0 Å². The fourth-order valence-electron chi connectivity index (χ4n) is 2.59. The molecule has 0 saturated carbocycles. The molecule has 1 heterocycles. The first-order chi connectivity index (χ1) is 14.0. The van der Waals surface area contributed by atoms with Crippen LogP contribution in [0.15, 0.2) is 54.6 Å². The second kappa shape index (κ2) is 8.97. The fraction of sp³-hybridized carbons (Fsp3) is 0.182. The van der Waals surface area contributed by atoms with Gasteiger partial charge in [0.05, 0.1) is 12.2 Å². The summed E-state index contributed by atoms with van der Waals surface area (Å²) in [4.78, 5) is 24.0. The van der Waals surface area contributed by atoms with Gasteiger partial charge >= 0.3 is 5.97 Å². The largest absolute Gasteiger partial charge is 0.462 e. The van der Waals surface area contributed by atoms with Crippen LogP contribution < -0.4 is 10.6 Å². The molecule has 0 unspecified atom stereocenters. The minimum Gasteiger partial charge on any atom is -0.462 e. The molecule has 0 aliphatic rings. The molecule has 0 atom stereocenters. The van der Waals surface area contributed by atoms with Crippen LogP contribution >= 0.6 is 0 Å². The van der Waals surface area contributed by atoms with Crippen molar-refractivity contribution in [2.45, 2.75) is 20.8 Å². The lowest BCUT2D eigenvalue weighted by Gasteiger charge is -2.08. The van der Waals surface area contributed by atoms with Crippen molar-refractivity contribution in [2.75, 3.05) is 17.2 Å². The molecule has 3 aromatic rings. The average Bonchev–Trinajstić information content (AvgIpc) is 2.72. The molecule has 7 nitrogen and oxygen atoms in total. The Morgan fingerprint density at radius 2 is 1.52 bits per heavy atom. The van der Waals surface area contributed by atoms with Crippen molar-refractivity contribution >= 4 is 29.2 Å². The zero-order chi connectivity index (χ0) is 20.8. The van der Waals surface area contributed by atoms with E-state index in [4.69, 9.17) is 4.74 Å². The molecule has 148 valence electrons. The predicted molar refractivity (Wildman–Crippen MR) is 112 cm³/mol. The van der Waals surface area contributed by atoms with E-state index in [0.29, 0.717) is 29.4 Å². The van der Waals surface area contributed by atoms with E-state index in [0.717, 1.165) is 16.8 Å². The van der Waals surface area contributed by atoms with E-state index >= 15 is 0 Å². The summed E-state index contributed by atoms with van der Waals surface area (Å²) in [7, 11) is 0. The van der Waals surface area contributed by atoms with E-state index in [9.17, 15) is 9.59 Å². The topological polar surface area (TPSA) is 93.2 Å². The van der Waals surface area contributed by atoms with E-state index in [-0.39, 0.29) is 11.9 Å². The van der Waals surface area contributed by atoms with Crippen LogP contribution in [-0.4, -0.2) is 28.7 Å². The summed E-state index contributed by atoms with van der Waals surface area (Å²) >= 11 is 0. The van der Waals surface area contributed by atoms with Gasteiger partial charge in [0.2, 0.25) is 0 Å². The van der Waals surface area contributed by atoms with E-state index in [1.54, 1.807) is 49.4 Å². The molecule has 0 aliphatic heterocycles. The average molecular weight is 390 g/mol. The highest BCUT2D eigenvalue weighted by Gasteiger charge is 2.09. The van der Waals surface area contributed by atoms with Crippen LogP contribution in [0.5, 0.6) is 0 Å². The first-order valence-corrected chi connectivity index (χ1v) is 9.23. The summed E-state index contributed by atoms with van der Waals surface area (Å²) in [5.41, 5.74) is 3.98. The Kier molecular flexibility index (Phi) is 6.19. The number of nitrogens with one attached hydrogen (secondary N) is 2. The Morgan fingerprint density at radius 3 is 2.14 bits per heavy atom. The number of carbonyl (C=O) groups excluding carboxylic acids is 2. The van der Waals surface area contributed by atoms with Crippen LogP contribution in [0.4, 0.5) is 17.3 Å². The quantitative estimate of drug-likeness (QED) is 0.611. The zero-order valence-electron chi connectivity index (χ0n) is 16.5. The molecule has 0 bridgehead atoms. The standard InChI is InChI=1S/C22H22N4O3/c1-4-29-22(28)16-7-9-18(10-8-16)23-19-11-12-20(26-25-19)24-21(27)17-6-5-14(2)15(3)13-17/h5-13H,4H2,1-3H3,(H,23,25)(H,24,26,27). The number of rotatable bonds is 6. The van der Waals surface area contributed by atoms with Crippen LogP contribution in [0, 0.1) is 13.8 Å². The maximum atomic E-state index is 12.4. The summed E-state index contributed by atoms with van der Waals surface area (Å²) in [6.45, 7) is 6.06. The van der Waals surface area contributed by atoms with Crippen LogP contribution in [0.2, 0.25) is 0 Å². The number of benzene rings is 2. The van der Waals surface area contributed by atoms with Crippen molar-refractivity contribution in [3.05, 3.63) is 76.9 Å². The van der Waals surface area contributed by atoms with Crippen molar-refractivity contribution in [1.82, 2.24) is 10.2 Å². The zero-order valence-corrected chi connectivity index (χ0v) is 16.5. The Hall–Kier alpha value is -3.74. The number of carbonyl (C=O) groups is 2. The molecule has 0 saturated heterocycles. The summed E-state index contributed by atoms with van der Waals surface area (Å²) in [6, 6.07) is 15.8. The minimum absolute atomic E-state index is 0.238. The Morgan fingerprint density at radius 1 is 0.862 bits per heavy atom. The molecule has 0 spiro atoms. The number of esters is 1. The molecule has 0 aliphatic carbocycles. The van der Waals surface area contributed by atoms with Crippen molar-refractivity contribution in [3.63, 3.8) is 0 Å². The normalized spacial score (nSPS) is 10.3. The molecule has 29 heavy (non-hydrogen) atoms. The number of aromatic nitrogens is 2. The first-order valence-electron chi connectivity index (χ1n) is 9.23. The summed E-state index contributed by atoms with van der Waals surface area (Å²) in [6.07, 6.45) is 0. The monoisotopic (exact) mass is 390 g/mol. The van der Waals surface area contributed by atoms with E-state index in [2.05, 4.69) is 20.8 Å². The van der Waals surface area contributed by atoms with Gasteiger partial charge in [-0.1, -0.05) is 6.07 Å². The maximum Gasteiger partial charge on any atom is 0.338 e. The third-order valence-electron chi connectivity index (χ3n) is 4.34. The fourth-order valence-corrected chi connectivity index (χ4v) is 2.59. The van der Waals surface area contributed by atoms with Crippen molar-refractivity contribution in [1.29, 1.82) is 0 Å². The smallest absolute Gasteiger partial charge is 0.338 e. The second-order valence-corrected chi connectivity index (χ2v) is 6.48. The van der Waals surface area contributed by atoms with Gasteiger partial charge in [0.25, 0.3) is 5.91 Å². The van der Waals surface area contributed by atoms with Crippen molar-refractivity contribution in [2.24, 2.45) is 0 Å². The van der Waals surface area contributed by atoms with Crippen molar-refractivity contribution in [3.8, 4) is 0 Å². The number of ether oxygens (including phenoxy) is 1. The summed E-state index contributed by atoms with van der Waals surface area (Å²) in [5, 5.41) is 13.9. The van der Waals surface area contributed by atoms with Crippen LogP contribution in [-0.2, 0) is 4.74 Å². The first kappa shape index (κ1) is 20.0. The minimum atomic E-state index is -0.359. The summed E-state index contributed by atoms with van der Waals surface area (Å²) < 4.78 is 4.96. The van der Waals surface area contributed by atoms with E-state index < -0.39 is 0 Å². The number of amides is 1. The molecule has 0 radical (unpaired) electrons. The van der Waals surface area contributed by atoms with Crippen LogP contribution in [0.1, 0.15) is 38.8 Å². The number of hydrogen-bond acceptors (Lipinski definition) is 6. The van der Waals surface area contributed by atoms with Gasteiger partial charge in [-0.05, 0) is 80.4 Å². The second-order valence-electron chi connectivity index (χ2n) is 6.48. The van der Waals surface area contributed by atoms with Gasteiger partial charge in [0.15, 0.2) is 11.6 Å². The van der Waals surface area contributed by atoms with E-state index in [1.807, 2.05) is 26.0 Å². The molecular formula is C22H22N4O3. The molecule has 2 aromatic carbocycles. The number of hydrogen-bond donors (Lipinski definition) is 2. The maximum absolute atomic E-state index is 12.4. The SMILES string of the molecule is CCOC(=O)c1ccc(Nc2ccc(NC(=O)c3ccc(C)c(C)c3)nn2)cc1. The number of nitrogens with zero attached hydrogens (tertiary/aromatic N) is 2. The van der Waals surface area contributed by atoms with E-state index in [1.165, 1.54) is 0 Å². The predicted octanol–water partition coefficient (Wildman–Crippen LogP) is 4.27. The van der Waals surface area contributed by atoms with Crippen LogP contribution in [0.3, 0.4) is 0 Å². The van der Waals surface area contributed by atoms with Gasteiger partial charge in [0, 0.05) is 11.3 Å². The summed E-state index contributed by atoms with van der Waals surface area (Å²) in [5.74, 6) is 0.273. The number of aryl methyl sites for hydroxylation is 2. The molecule has 1 amide bonds. The lowest BCUT2D eigenvalue weighted by molar-refractivity contribution is 0.0526. The molecule has 0 fully saturated rings. The lowest BCUT2D eigenvalue weighted by Crippen LogP contribution is -2.13. The van der Waals surface area contributed by atoms with Crippen LogP contribution in [0.25, 0.3) is 0 Å². The highest BCUT2D eigenvalue weighted by molar-refractivity contribution is 6.03. The molecule has 2 N–H and O–H groups in total. The molecule has 1 aromatic heterocycles. The van der Waals surface area contributed by atoms with Gasteiger partial charge in [-0.15, -0.1) is 10.2 Å².